The van der Waals surface area contributed by atoms with E-state index in [4.69, 9.17) is 0 Å². The predicted octanol–water partition coefficient (Wildman–Crippen LogP) is 14.9. The van der Waals surface area contributed by atoms with Gasteiger partial charge in [0.05, 0.1) is 16.7 Å². The first-order chi connectivity index (χ1) is 27.8. The van der Waals surface area contributed by atoms with Gasteiger partial charge in [0.1, 0.15) is 0 Å². The van der Waals surface area contributed by atoms with E-state index in [1.807, 2.05) is 0 Å². The largest absolute Gasteiger partial charge is 0.310 e. The molecular formula is C54H38N2. The monoisotopic (exact) mass is 714 g/mol. The smallest absolute Gasteiger partial charge is 0.0561 e. The van der Waals surface area contributed by atoms with Crippen LogP contribution >= 0.6 is 0 Å². The second-order valence-electron chi connectivity index (χ2n) is 14.1. The summed E-state index contributed by atoms with van der Waals surface area (Å²) in [7, 11) is 0. The first-order valence-electron chi connectivity index (χ1n) is 19.2. The number of hydrogen-bond acceptors (Lipinski definition) is 1. The molecule has 10 aromatic rings. The maximum Gasteiger partial charge on any atom is 0.0561 e. The van der Waals surface area contributed by atoms with Gasteiger partial charge in [0.15, 0.2) is 0 Å². The van der Waals surface area contributed by atoms with Gasteiger partial charge in [-0.2, -0.15) is 0 Å². The maximum atomic E-state index is 2.46. The van der Waals surface area contributed by atoms with Crippen LogP contribution in [0.15, 0.2) is 231 Å². The van der Waals surface area contributed by atoms with Crippen molar-refractivity contribution in [2.75, 3.05) is 4.90 Å². The summed E-state index contributed by atoms with van der Waals surface area (Å²) in [6.45, 7) is 0. The SMILES string of the molecule is c1ccc(-c2cccc(N(c3ccc4c5ccccc5n(-c5ccccc5)c4c3)c3cccc(-c4ccccc4)c3-c3ccccc3-c3ccccc3)c2)cc1. The van der Waals surface area contributed by atoms with E-state index in [0.29, 0.717) is 0 Å². The third kappa shape index (κ3) is 5.95. The highest BCUT2D eigenvalue weighted by Gasteiger charge is 2.24. The van der Waals surface area contributed by atoms with Crippen LogP contribution in [0.1, 0.15) is 0 Å². The summed E-state index contributed by atoms with van der Waals surface area (Å²) in [6, 6.07) is 83.2. The van der Waals surface area contributed by atoms with Crippen LogP contribution in [0, 0.1) is 0 Å². The second-order valence-corrected chi connectivity index (χ2v) is 14.1. The molecule has 0 aliphatic heterocycles. The topological polar surface area (TPSA) is 8.17 Å². The van der Waals surface area contributed by atoms with Crippen molar-refractivity contribution < 1.29 is 0 Å². The van der Waals surface area contributed by atoms with Crippen molar-refractivity contribution in [3.05, 3.63) is 231 Å². The molecule has 0 saturated heterocycles. The van der Waals surface area contributed by atoms with Gasteiger partial charge in [-0.25, -0.2) is 0 Å². The second kappa shape index (κ2) is 14.4. The summed E-state index contributed by atoms with van der Waals surface area (Å²) >= 11 is 0. The summed E-state index contributed by atoms with van der Waals surface area (Å²) in [5, 5.41) is 2.46. The van der Waals surface area contributed by atoms with E-state index in [1.165, 1.54) is 55.2 Å². The van der Waals surface area contributed by atoms with Crippen LogP contribution in [0.5, 0.6) is 0 Å². The number of aromatic nitrogens is 1. The Kier molecular flexibility index (Phi) is 8.55. The van der Waals surface area contributed by atoms with E-state index < -0.39 is 0 Å². The van der Waals surface area contributed by atoms with E-state index in [2.05, 4.69) is 240 Å². The van der Waals surface area contributed by atoms with Crippen molar-refractivity contribution in [2.45, 2.75) is 0 Å². The van der Waals surface area contributed by atoms with Gasteiger partial charge >= 0.3 is 0 Å². The van der Waals surface area contributed by atoms with E-state index in [9.17, 15) is 0 Å². The molecule has 9 aromatic carbocycles. The lowest BCUT2D eigenvalue weighted by molar-refractivity contribution is 1.18. The molecule has 10 rings (SSSR count). The van der Waals surface area contributed by atoms with E-state index in [0.717, 1.165) is 33.8 Å². The summed E-state index contributed by atoms with van der Waals surface area (Å²) in [5.41, 5.74) is 16.2. The van der Waals surface area contributed by atoms with Crippen LogP contribution < -0.4 is 4.90 Å². The minimum atomic E-state index is 1.08. The van der Waals surface area contributed by atoms with E-state index in [1.54, 1.807) is 0 Å². The Balaban J connectivity index is 1.30. The zero-order valence-corrected chi connectivity index (χ0v) is 30.8. The molecule has 2 nitrogen and oxygen atoms in total. The number of hydrogen-bond donors (Lipinski definition) is 0. The lowest BCUT2D eigenvalue weighted by Crippen LogP contribution is -2.12. The molecule has 0 saturated carbocycles. The molecule has 0 unspecified atom stereocenters. The van der Waals surface area contributed by atoms with Gasteiger partial charge < -0.3 is 9.47 Å². The molecule has 0 amide bonds. The number of nitrogens with zero attached hydrogens (tertiary/aromatic N) is 2. The van der Waals surface area contributed by atoms with Gasteiger partial charge in [-0.15, -0.1) is 0 Å². The van der Waals surface area contributed by atoms with E-state index >= 15 is 0 Å². The number of fused-ring (bicyclic) bond motifs is 3. The molecule has 0 aliphatic rings. The number of benzene rings is 9. The fraction of sp³-hybridized carbons (Fsp3) is 0. The van der Waals surface area contributed by atoms with Crippen LogP contribution in [-0.4, -0.2) is 4.57 Å². The van der Waals surface area contributed by atoms with Gasteiger partial charge in [0.25, 0.3) is 0 Å². The normalized spacial score (nSPS) is 11.2. The summed E-state index contributed by atoms with van der Waals surface area (Å²) in [6.07, 6.45) is 0. The van der Waals surface area contributed by atoms with Crippen molar-refractivity contribution in [1.29, 1.82) is 0 Å². The first kappa shape index (κ1) is 33.2. The molecule has 0 N–H and O–H groups in total. The number of rotatable bonds is 8. The zero-order valence-electron chi connectivity index (χ0n) is 30.8. The lowest BCUT2D eigenvalue weighted by Gasteiger charge is -2.30. The molecule has 0 aliphatic carbocycles. The average molecular weight is 715 g/mol. The van der Waals surface area contributed by atoms with Crippen LogP contribution in [0.4, 0.5) is 17.1 Å². The standard InChI is InChI=1S/C54H38N2/c1-5-19-39(20-6-1)42-25-17-28-44(37-42)55(45-35-36-49-48-30-15-16-33-51(48)56(53(49)38-45)43-26-11-4-12-27-43)52-34-18-32-47(41-23-9-3-10-24-41)54(52)50-31-14-13-29-46(50)40-21-7-2-8-22-40/h1-38H. The fourth-order valence-corrected chi connectivity index (χ4v) is 8.27. The Morgan fingerprint density at radius 1 is 0.304 bits per heavy atom. The molecule has 0 atom stereocenters. The van der Waals surface area contributed by atoms with Crippen LogP contribution in [0.25, 0.3) is 72.0 Å². The highest BCUT2D eigenvalue weighted by Crippen LogP contribution is 2.49. The Hall–Kier alpha value is -7.42. The van der Waals surface area contributed by atoms with Crippen LogP contribution in [0.3, 0.4) is 0 Å². The third-order valence-corrected chi connectivity index (χ3v) is 10.8. The Bertz CT molecular complexity index is 2950. The van der Waals surface area contributed by atoms with Gasteiger partial charge in [0, 0.05) is 33.4 Å². The van der Waals surface area contributed by atoms with Gasteiger partial charge in [-0.3, -0.25) is 0 Å². The molecule has 264 valence electrons. The molecular weight excluding hydrogens is 677 g/mol. The molecule has 1 heterocycles. The zero-order chi connectivity index (χ0) is 37.3. The molecule has 2 heteroatoms. The third-order valence-electron chi connectivity index (χ3n) is 10.8. The van der Waals surface area contributed by atoms with Gasteiger partial charge in [0.2, 0.25) is 0 Å². The minimum Gasteiger partial charge on any atom is -0.310 e. The summed E-state index contributed by atoms with van der Waals surface area (Å²) < 4.78 is 2.40. The quantitative estimate of drug-likeness (QED) is 0.152. The van der Waals surface area contributed by atoms with E-state index in [-0.39, 0.29) is 0 Å². The van der Waals surface area contributed by atoms with Crippen molar-refractivity contribution in [3.8, 4) is 50.2 Å². The Morgan fingerprint density at radius 3 is 1.55 bits per heavy atom. The van der Waals surface area contributed by atoms with Gasteiger partial charge in [-0.05, 0) is 87.5 Å². The molecule has 0 spiro atoms. The van der Waals surface area contributed by atoms with Crippen LogP contribution in [0.2, 0.25) is 0 Å². The summed E-state index contributed by atoms with van der Waals surface area (Å²) in [5.74, 6) is 0. The maximum absolute atomic E-state index is 2.46. The molecule has 1 aromatic heterocycles. The summed E-state index contributed by atoms with van der Waals surface area (Å²) in [4.78, 5) is 2.46. The molecule has 0 fully saturated rings. The van der Waals surface area contributed by atoms with Crippen molar-refractivity contribution >= 4 is 38.9 Å². The van der Waals surface area contributed by atoms with Crippen molar-refractivity contribution in [3.63, 3.8) is 0 Å². The van der Waals surface area contributed by atoms with Crippen molar-refractivity contribution in [1.82, 2.24) is 4.57 Å². The Morgan fingerprint density at radius 2 is 0.821 bits per heavy atom. The highest BCUT2D eigenvalue weighted by molar-refractivity contribution is 6.11. The first-order valence-corrected chi connectivity index (χ1v) is 19.2. The predicted molar refractivity (Wildman–Crippen MR) is 237 cm³/mol. The lowest BCUT2D eigenvalue weighted by atomic mass is 9.87. The number of anilines is 3. The van der Waals surface area contributed by atoms with Crippen LogP contribution in [-0.2, 0) is 0 Å². The minimum absolute atomic E-state index is 1.08. The Labute approximate surface area is 327 Å². The molecule has 0 radical (unpaired) electrons. The average Bonchev–Trinajstić information content (AvgIpc) is 3.61. The van der Waals surface area contributed by atoms with Crippen molar-refractivity contribution in [2.24, 2.45) is 0 Å². The van der Waals surface area contributed by atoms with Gasteiger partial charge in [-0.1, -0.05) is 182 Å². The number of para-hydroxylation sites is 2. The molecule has 0 bridgehead atoms. The highest BCUT2D eigenvalue weighted by atomic mass is 15.1. The fourth-order valence-electron chi connectivity index (χ4n) is 8.27. The molecule has 56 heavy (non-hydrogen) atoms.